The van der Waals surface area contributed by atoms with Crippen LogP contribution in [0.25, 0.3) is 0 Å². The van der Waals surface area contributed by atoms with Crippen LogP contribution >= 0.6 is 0 Å². The van der Waals surface area contributed by atoms with Crippen LogP contribution in [0.5, 0.6) is 5.75 Å². The summed E-state index contributed by atoms with van der Waals surface area (Å²) in [6.45, 7) is 15.1. The van der Waals surface area contributed by atoms with Crippen molar-refractivity contribution in [2.24, 2.45) is 11.8 Å². The predicted octanol–water partition coefficient (Wildman–Crippen LogP) is 8.57. The largest absolute Gasteiger partial charge is 0.543 e. The van der Waals surface area contributed by atoms with Crippen molar-refractivity contribution in [3.05, 3.63) is 42.0 Å². The maximum atomic E-state index is 11.5. The Morgan fingerprint density at radius 2 is 1.74 bits per heavy atom. The Balaban J connectivity index is 1.53. The third kappa shape index (κ3) is 10.4. The van der Waals surface area contributed by atoms with Gasteiger partial charge in [-0.15, -0.1) is 0 Å². The van der Waals surface area contributed by atoms with Gasteiger partial charge in [0, 0.05) is 25.6 Å². The molecule has 1 aliphatic carbocycles. The van der Waals surface area contributed by atoms with Gasteiger partial charge < -0.3 is 28.5 Å². The molecule has 1 saturated carbocycles. The Morgan fingerprint density at radius 1 is 1.02 bits per heavy atom. The Kier molecular flexibility index (Phi) is 13.2. The van der Waals surface area contributed by atoms with Gasteiger partial charge in [-0.05, 0) is 93.1 Å². The average molecular weight is 617 g/mol. The Morgan fingerprint density at radius 3 is 2.40 bits per heavy atom. The molecule has 1 N–H and O–H groups in total. The molecule has 3 aliphatic rings. The van der Waals surface area contributed by atoms with Crippen molar-refractivity contribution in [3.63, 3.8) is 0 Å². The van der Waals surface area contributed by atoms with Crippen LogP contribution in [0.1, 0.15) is 104 Å². The van der Waals surface area contributed by atoms with Crippen molar-refractivity contribution in [3.8, 4) is 5.75 Å². The lowest BCUT2D eigenvalue weighted by Gasteiger charge is -2.36. The third-order valence-electron chi connectivity index (χ3n) is 10.0. The van der Waals surface area contributed by atoms with Gasteiger partial charge in [0.05, 0.1) is 18.3 Å². The highest BCUT2D eigenvalue weighted by Crippen LogP contribution is 2.41. The van der Waals surface area contributed by atoms with E-state index in [4.69, 9.17) is 23.4 Å². The van der Waals surface area contributed by atoms with Gasteiger partial charge >= 0.3 is 0 Å². The van der Waals surface area contributed by atoms with Crippen molar-refractivity contribution < 1.29 is 28.5 Å². The molecule has 7 heteroatoms. The van der Waals surface area contributed by atoms with Gasteiger partial charge in [-0.3, -0.25) is 0 Å². The van der Waals surface area contributed by atoms with Crippen LogP contribution in [0.4, 0.5) is 0 Å². The van der Waals surface area contributed by atoms with Crippen LogP contribution in [0.15, 0.2) is 36.4 Å². The standard InChI is InChI=1S/C36H60O6Si/c1-7-8-9-16-28(40-34-18-10-12-22-38-34)20-21-30-31(32(37)26-33(30)41-35-19-11-13-23-39-35)25-27-15-14-17-29(24-27)42-43(5,6)36(2,3)4/h14-15,17,20-21,24,28,30-35,37H,7-13,16,18-19,22-23,25-26H2,1-6H3/t28-,30-,31-,32+,33-,34?,35?/m0/s1. The molecule has 43 heavy (non-hydrogen) atoms. The second kappa shape index (κ2) is 16.4. The first-order chi connectivity index (χ1) is 20.6. The molecular formula is C36H60O6Si. The van der Waals surface area contributed by atoms with Gasteiger partial charge in [0.1, 0.15) is 5.75 Å². The van der Waals surface area contributed by atoms with Gasteiger partial charge in [0.2, 0.25) is 8.32 Å². The highest BCUT2D eigenvalue weighted by atomic mass is 28.4. The van der Waals surface area contributed by atoms with Crippen LogP contribution < -0.4 is 4.43 Å². The summed E-state index contributed by atoms with van der Waals surface area (Å²) >= 11 is 0. The molecule has 2 heterocycles. The molecule has 2 aliphatic heterocycles. The third-order valence-corrected chi connectivity index (χ3v) is 14.4. The van der Waals surface area contributed by atoms with Crippen molar-refractivity contribution in [1.82, 2.24) is 0 Å². The zero-order valence-corrected chi connectivity index (χ0v) is 28.9. The zero-order valence-electron chi connectivity index (χ0n) is 27.9. The van der Waals surface area contributed by atoms with E-state index in [2.05, 4.69) is 77.2 Å². The van der Waals surface area contributed by atoms with Crippen LogP contribution in [-0.2, 0) is 25.4 Å². The SMILES string of the molecule is CCCCC[C@@H](C=C[C@H]1[C@H](Cc2cccc(O[Si](C)(C)C(C)(C)C)c2)[C@H](O)C[C@@H]1OC1CCCCO1)OC1CCCCO1. The Hall–Kier alpha value is -1.22. The summed E-state index contributed by atoms with van der Waals surface area (Å²) < 4.78 is 31.7. The number of benzene rings is 1. The van der Waals surface area contributed by atoms with Crippen molar-refractivity contribution in [2.45, 2.75) is 154 Å². The monoisotopic (exact) mass is 616 g/mol. The number of aliphatic hydroxyl groups is 1. The predicted molar refractivity (Wildman–Crippen MR) is 176 cm³/mol. The van der Waals surface area contributed by atoms with Gasteiger partial charge in [-0.25, -0.2) is 0 Å². The van der Waals surface area contributed by atoms with Gasteiger partial charge in [-0.2, -0.15) is 0 Å². The highest BCUT2D eigenvalue weighted by molar-refractivity contribution is 6.74. The number of rotatable bonds is 14. The van der Waals surface area contributed by atoms with Crippen molar-refractivity contribution in [1.29, 1.82) is 0 Å². The number of hydrogen-bond donors (Lipinski definition) is 1. The average Bonchev–Trinajstić information content (AvgIpc) is 3.25. The van der Waals surface area contributed by atoms with Crippen LogP contribution in [0, 0.1) is 11.8 Å². The normalized spacial score (nSPS) is 29.7. The van der Waals surface area contributed by atoms with Gasteiger partial charge in [0.15, 0.2) is 12.6 Å². The second-order valence-corrected chi connectivity index (χ2v) is 19.3. The lowest BCUT2D eigenvalue weighted by atomic mass is 9.87. The second-order valence-electron chi connectivity index (χ2n) is 14.6. The molecule has 244 valence electrons. The lowest BCUT2D eigenvalue weighted by molar-refractivity contribution is -0.193. The first-order valence-corrected chi connectivity index (χ1v) is 20.1. The maximum absolute atomic E-state index is 11.5. The molecule has 2 saturated heterocycles. The molecule has 3 fully saturated rings. The number of unbranched alkanes of at least 4 members (excludes halogenated alkanes) is 2. The first kappa shape index (κ1) is 34.6. The van der Waals surface area contributed by atoms with Crippen LogP contribution in [0.3, 0.4) is 0 Å². The number of aliphatic hydroxyl groups excluding tert-OH is 1. The van der Waals surface area contributed by atoms with Gasteiger partial charge in [0.25, 0.3) is 0 Å². The fourth-order valence-electron chi connectivity index (χ4n) is 6.33. The molecule has 0 bridgehead atoms. The summed E-state index contributed by atoms with van der Waals surface area (Å²) in [4.78, 5) is 0. The molecule has 1 aromatic rings. The Bertz CT molecular complexity index is 978. The van der Waals surface area contributed by atoms with Crippen LogP contribution in [-0.4, -0.2) is 57.5 Å². The molecule has 0 aromatic heterocycles. The minimum Gasteiger partial charge on any atom is -0.543 e. The lowest BCUT2D eigenvalue weighted by Crippen LogP contribution is -2.43. The molecule has 1 aromatic carbocycles. The summed E-state index contributed by atoms with van der Waals surface area (Å²) in [5.41, 5.74) is 1.19. The molecule has 2 unspecified atom stereocenters. The smallest absolute Gasteiger partial charge is 0.250 e. The van der Waals surface area contributed by atoms with Crippen LogP contribution in [0.2, 0.25) is 18.1 Å². The van der Waals surface area contributed by atoms with E-state index in [0.717, 1.165) is 76.8 Å². The van der Waals surface area contributed by atoms with Gasteiger partial charge in [-0.1, -0.05) is 71.2 Å². The van der Waals surface area contributed by atoms with E-state index < -0.39 is 14.4 Å². The highest BCUT2D eigenvalue weighted by Gasteiger charge is 2.43. The van der Waals surface area contributed by atoms with E-state index in [9.17, 15) is 5.11 Å². The Labute approximate surface area is 263 Å². The number of hydrogen-bond acceptors (Lipinski definition) is 6. The molecule has 6 nitrogen and oxygen atoms in total. The quantitative estimate of drug-likeness (QED) is 0.128. The fraction of sp³-hybridized carbons (Fsp3) is 0.778. The number of ether oxygens (including phenoxy) is 4. The molecule has 4 rings (SSSR count). The summed E-state index contributed by atoms with van der Waals surface area (Å²) in [6, 6.07) is 8.52. The van der Waals surface area contributed by atoms with E-state index in [0.29, 0.717) is 6.42 Å². The zero-order chi connectivity index (χ0) is 30.9. The molecule has 0 amide bonds. The molecule has 0 radical (unpaired) electrons. The van der Waals surface area contributed by atoms with Crippen molar-refractivity contribution >= 4 is 8.32 Å². The van der Waals surface area contributed by atoms with Crippen molar-refractivity contribution in [2.75, 3.05) is 13.2 Å². The summed E-state index contributed by atoms with van der Waals surface area (Å²) in [7, 11) is -1.95. The molecular weight excluding hydrogens is 556 g/mol. The van der Waals surface area contributed by atoms with E-state index in [1.165, 1.54) is 18.4 Å². The van der Waals surface area contributed by atoms with E-state index in [1.54, 1.807) is 0 Å². The fourth-order valence-corrected chi connectivity index (χ4v) is 7.35. The van der Waals surface area contributed by atoms with E-state index in [1.807, 2.05) is 0 Å². The van der Waals surface area contributed by atoms with E-state index in [-0.39, 0.29) is 41.7 Å². The molecule has 7 atom stereocenters. The summed E-state index contributed by atoms with van der Waals surface area (Å²) in [6.07, 6.45) is 15.9. The first-order valence-electron chi connectivity index (χ1n) is 17.2. The maximum Gasteiger partial charge on any atom is 0.250 e. The summed E-state index contributed by atoms with van der Waals surface area (Å²) in [5, 5.41) is 11.6. The minimum absolute atomic E-state index is 0.000870. The molecule has 0 spiro atoms. The summed E-state index contributed by atoms with van der Waals surface area (Å²) in [5.74, 6) is 1.04. The van der Waals surface area contributed by atoms with E-state index >= 15 is 0 Å². The minimum atomic E-state index is -1.95. The topological polar surface area (TPSA) is 66.4 Å².